The van der Waals surface area contributed by atoms with Crippen molar-refractivity contribution >= 4 is 35.2 Å². The van der Waals surface area contributed by atoms with Gasteiger partial charge in [0.25, 0.3) is 0 Å². The van der Waals surface area contributed by atoms with Crippen molar-refractivity contribution in [3.8, 4) is 0 Å². The lowest BCUT2D eigenvalue weighted by Crippen LogP contribution is -2.10. The Morgan fingerprint density at radius 3 is 1.87 bits per heavy atom. The van der Waals surface area contributed by atoms with Crippen LogP contribution in [-0.4, -0.2) is 32.6 Å². The zero-order valence-electron chi connectivity index (χ0n) is 16.6. The van der Waals surface area contributed by atoms with Crippen molar-refractivity contribution in [2.75, 3.05) is 22.5 Å². The number of carboxylic acids is 1. The third kappa shape index (κ3) is 7.50. The SMILES string of the molecule is O=C(O)CCCCCNc1nc(Nc2cccc(F)c2)nc(Nc2cccc(F)c2)n1. The molecule has 0 aliphatic carbocycles. The van der Waals surface area contributed by atoms with E-state index in [4.69, 9.17) is 5.11 Å². The van der Waals surface area contributed by atoms with Crippen LogP contribution in [0, 0.1) is 11.6 Å². The summed E-state index contributed by atoms with van der Waals surface area (Å²) in [5.41, 5.74) is 0.921. The van der Waals surface area contributed by atoms with Crippen LogP contribution >= 0.6 is 0 Å². The first kappa shape index (κ1) is 21.9. The molecule has 0 aliphatic heterocycles. The zero-order chi connectivity index (χ0) is 22.1. The monoisotopic (exact) mass is 428 g/mol. The first-order valence-electron chi connectivity index (χ1n) is 9.75. The van der Waals surface area contributed by atoms with Gasteiger partial charge in [-0.2, -0.15) is 15.0 Å². The Morgan fingerprint density at radius 1 is 0.806 bits per heavy atom. The summed E-state index contributed by atoms with van der Waals surface area (Å²) >= 11 is 0. The van der Waals surface area contributed by atoms with E-state index in [1.165, 1.54) is 24.3 Å². The minimum absolute atomic E-state index is 0.134. The molecular weight excluding hydrogens is 406 g/mol. The number of hydrogen-bond acceptors (Lipinski definition) is 7. The fraction of sp³-hybridized carbons (Fsp3) is 0.238. The van der Waals surface area contributed by atoms with Crippen molar-refractivity contribution < 1.29 is 18.7 Å². The predicted octanol–water partition coefficient (Wildman–Crippen LogP) is 4.69. The Morgan fingerprint density at radius 2 is 1.35 bits per heavy atom. The molecule has 0 unspecified atom stereocenters. The summed E-state index contributed by atoms with van der Waals surface area (Å²) < 4.78 is 27.0. The fourth-order valence-corrected chi connectivity index (χ4v) is 2.74. The summed E-state index contributed by atoms with van der Waals surface area (Å²) in [6.45, 7) is 0.530. The number of unbranched alkanes of at least 4 members (excludes halogenated alkanes) is 2. The highest BCUT2D eigenvalue weighted by atomic mass is 19.1. The van der Waals surface area contributed by atoms with Gasteiger partial charge in [-0.05, 0) is 49.2 Å². The lowest BCUT2D eigenvalue weighted by atomic mass is 10.2. The quantitative estimate of drug-likeness (QED) is 0.325. The van der Waals surface area contributed by atoms with Crippen LogP contribution in [0.4, 0.5) is 38.0 Å². The number of nitrogens with zero attached hydrogens (tertiary/aromatic N) is 3. The number of aliphatic carboxylic acids is 1. The molecule has 0 bridgehead atoms. The second-order valence-electron chi connectivity index (χ2n) is 6.71. The maximum Gasteiger partial charge on any atom is 0.303 e. The van der Waals surface area contributed by atoms with Gasteiger partial charge in [0.2, 0.25) is 17.8 Å². The van der Waals surface area contributed by atoms with Gasteiger partial charge in [-0.3, -0.25) is 4.79 Å². The number of benzene rings is 2. The van der Waals surface area contributed by atoms with Crippen molar-refractivity contribution in [3.05, 3.63) is 60.2 Å². The molecule has 0 aliphatic rings. The van der Waals surface area contributed by atoms with E-state index in [0.717, 1.165) is 12.8 Å². The second kappa shape index (κ2) is 10.8. The van der Waals surface area contributed by atoms with Crippen molar-refractivity contribution in [1.82, 2.24) is 15.0 Å². The van der Waals surface area contributed by atoms with Crippen LogP contribution in [0.1, 0.15) is 25.7 Å². The lowest BCUT2D eigenvalue weighted by molar-refractivity contribution is -0.137. The summed E-state index contributed by atoms with van der Waals surface area (Å²) in [7, 11) is 0. The molecule has 0 radical (unpaired) electrons. The standard InChI is InChI=1S/C21H22F2N6O2/c22-14-6-4-8-16(12-14)25-20-27-19(24-11-3-1-2-10-18(30)31)28-21(29-20)26-17-9-5-7-15(23)13-17/h4-9,12-13H,1-3,10-11H2,(H,30,31)(H3,24,25,26,27,28,29). The van der Waals surface area contributed by atoms with Crippen LogP contribution in [0.2, 0.25) is 0 Å². The topological polar surface area (TPSA) is 112 Å². The van der Waals surface area contributed by atoms with Gasteiger partial charge < -0.3 is 21.1 Å². The number of rotatable bonds is 11. The van der Waals surface area contributed by atoms with Gasteiger partial charge in [0, 0.05) is 24.3 Å². The molecule has 1 aromatic heterocycles. The number of halogens is 2. The number of anilines is 5. The fourth-order valence-electron chi connectivity index (χ4n) is 2.74. The van der Waals surface area contributed by atoms with E-state index in [0.29, 0.717) is 24.3 Å². The smallest absolute Gasteiger partial charge is 0.303 e. The molecule has 4 N–H and O–H groups in total. The highest BCUT2D eigenvalue weighted by Crippen LogP contribution is 2.20. The molecule has 1 heterocycles. The van der Waals surface area contributed by atoms with E-state index < -0.39 is 17.6 Å². The molecule has 0 atom stereocenters. The molecule has 0 saturated carbocycles. The maximum absolute atomic E-state index is 13.5. The van der Waals surface area contributed by atoms with E-state index in [-0.39, 0.29) is 24.3 Å². The van der Waals surface area contributed by atoms with Crippen LogP contribution < -0.4 is 16.0 Å². The molecular formula is C21H22F2N6O2. The molecule has 0 amide bonds. The van der Waals surface area contributed by atoms with Crippen molar-refractivity contribution in [2.45, 2.75) is 25.7 Å². The summed E-state index contributed by atoms with van der Waals surface area (Å²) in [6, 6.07) is 11.7. The molecule has 8 nitrogen and oxygen atoms in total. The summed E-state index contributed by atoms with van der Waals surface area (Å²) in [6.07, 6.45) is 2.20. The lowest BCUT2D eigenvalue weighted by Gasteiger charge is -2.11. The van der Waals surface area contributed by atoms with E-state index in [1.54, 1.807) is 24.3 Å². The average molecular weight is 428 g/mol. The number of nitrogens with one attached hydrogen (secondary N) is 3. The van der Waals surface area contributed by atoms with Crippen LogP contribution in [0.3, 0.4) is 0 Å². The normalized spacial score (nSPS) is 10.5. The predicted molar refractivity (Wildman–Crippen MR) is 114 cm³/mol. The number of carbonyl (C=O) groups is 1. The molecule has 0 spiro atoms. The van der Waals surface area contributed by atoms with Crippen LogP contribution in [0.5, 0.6) is 0 Å². The van der Waals surface area contributed by atoms with E-state index in [1.807, 2.05) is 0 Å². The van der Waals surface area contributed by atoms with Gasteiger partial charge in [0.1, 0.15) is 11.6 Å². The van der Waals surface area contributed by atoms with Crippen molar-refractivity contribution in [2.24, 2.45) is 0 Å². The minimum Gasteiger partial charge on any atom is -0.481 e. The first-order chi connectivity index (χ1) is 15.0. The molecule has 162 valence electrons. The van der Waals surface area contributed by atoms with Gasteiger partial charge in [-0.1, -0.05) is 18.6 Å². The Balaban J connectivity index is 1.72. The second-order valence-corrected chi connectivity index (χ2v) is 6.71. The molecule has 3 aromatic rings. The van der Waals surface area contributed by atoms with Crippen LogP contribution in [-0.2, 0) is 4.79 Å². The zero-order valence-corrected chi connectivity index (χ0v) is 16.6. The van der Waals surface area contributed by atoms with Crippen molar-refractivity contribution in [1.29, 1.82) is 0 Å². The Labute approximate surface area is 177 Å². The average Bonchev–Trinajstić information content (AvgIpc) is 2.70. The molecule has 3 rings (SSSR count). The summed E-state index contributed by atoms with van der Waals surface area (Å²) in [5, 5.41) is 17.6. The number of aromatic nitrogens is 3. The summed E-state index contributed by atoms with van der Waals surface area (Å²) in [5.74, 6) is -1.01. The van der Waals surface area contributed by atoms with Crippen LogP contribution in [0.25, 0.3) is 0 Å². The Hall–Kier alpha value is -3.82. The van der Waals surface area contributed by atoms with Gasteiger partial charge in [0.05, 0.1) is 0 Å². The molecule has 10 heteroatoms. The van der Waals surface area contributed by atoms with Crippen molar-refractivity contribution in [3.63, 3.8) is 0 Å². The molecule has 0 saturated heterocycles. The van der Waals surface area contributed by atoms with E-state index in [9.17, 15) is 13.6 Å². The Bertz CT molecular complexity index is 969. The first-order valence-corrected chi connectivity index (χ1v) is 9.75. The van der Waals surface area contributed by atoms with Gasteiger partial charge >= 0.3 is 5.97 Å². The third-order valence-electron chi connectivity index (χ3n) is 4.15. The molecule has 0 fully saturated rings. The van der Waals surface area contributed by atoms with Gasteiger partial charge in [-0.25, -0.2) is 8.78 Å². The minimum atomic E-state index is -0.813. The maximum atomic E-state index is 13.5. The Kier molecular flexibility index (Phi) is 7.63. The third-order valence-corrected chi connectivity index (χ3v) is 4.15. The van der Waals surface area contributed by atoms with E-state index in [2.05, 4.69) is 30.9 Å². The van der Waals surface area contributed by atoms with Gasteiger partial charge in [-0.15, -0.1) is 0 Å². The summed E-state index contributed by atoms with van der Waals surface area (Å²) in [4.78, 5) is 23.4. The number of hydrogen-bond donors (Lipinski definition) is 4. The molecule has 2 aromatic carbocycles. The van der Waals surface area contributed by atoms with Gasteiger partial charge in [0.15, 0.2) is 0 Å². The molecule has 31 heavy (non-hydrogen) atoms. The van der Waals surface area contributed by atoms with E-state index >= 15 is 0 Å². The highest BCUT2D eigenvalue weighted by molar-refractivity contribution is 5.66. The highest BCUT2D eigenvalue weighted by Gasteiger charge is 2.09. The van der Waals surface area contributed by atoms with Crippen LogP contribution in [0.15, 0.2) is 48.5 Å². The number of carboxylic acid groups (broad SMARTS) is 1. The largest absolute Gasteiger partial charge is 0.481 e.